The van der Waals surface area contributed by atoms with Gasteiger partial charge in [-0.2, -0.15) is 0 Å². The Morgan fingerprint density at radius 1 is 1.39 bits per heavy atom. The van der Waals surface area contributed by atoms with E-state index in [-0.39, 0.29) is 0 Å². The first-order valence-electron chi connectivity index (χ1n) is 7.07. The van der Waals surface area contributed by atoms with Crippen LogP contribution >= 0.6 is 0 Å². The lowest BCUT2D eigenvalue weighted by atomic mass is 9.96. The molecule has 4 nitrogen and oxygen atoms in total. The van der Waals surface area contributed by atoms with Crippen molar-refractivity contribution < 1.29 is 0 Å². The molecule has 1 unspecified atom stereocenters. The number of rotatable bonds is 4. The quantitative estimate of drug-likeness (QED) is 0.889. The van der Waals surface area contributed by atoms with Gasteiger partial charge in [-0.25, -0.2) is 9.97 Å². The Labute approximate surface area is 110 Å². The molecule has 1 aliphatic rings. The van der Waals surface area contributed by atoms with Crippen LogP contribution in [-0.2, 0) is 0 Å². The first-order chi connectivity index (χ1) is 8.72. The van der Waals surface area contributed by atoms with Crippen LogP contribution in [0.15, 0.2) is 6.07 Å². The molecule has 100 valence electrons. The summed E-state index contributed by atoms with van der Waals surface area (Å²) in [7, 11) is 0. The lowest BCUT2D eigenvalue weighted by Crippen LogP contribution is -2.35. The van der Waals surface area contributed by atoms with E-state index in [4.69, 9.17) is 0 Å². The second-order valence-electron chi connectivity index (χ2n) is 5.05. The summed E-state index contributed by atoms with van der Waals surface area (Å²) in [5.41, 5.74) is 0. The topological polar surface area (TPSA) is 41.0 Å². The minimum absolute atomic E-state index is 0.816. The van der Waals surface area contributed by atoms with E-state index in [1.165, 1.54) is 19.3 Å². The van der Waals surface area contributed by atoms with Crippen molar-refractivity contribution in [3.05, 3.63) is 11.9 Å². The van der Waals surface area contributed by atoms with Gasteiger partial charge in [0.2, 0.25) is 0 Å². The molecule has 1 saturated heterocycles. The summed E-state index contributed by atoms with van der Waals surface area (Å²) < 4.78 is 0. The zero-order chi connectivity index (χ0) is 13.0. The summed E-state index contributed by atoms with van der Waals surface area (Å²) in [5.74, 6) is 3.69. The molecule has 1 aromatic heterocycles. The highest BCUT2D eigenvalue weighted by Gasteiger charge is 2.20. The average Bonchev–Trinajstić information content (AvgIpc) is 2.38. The van der Waals surface area contributed by atoms with Gasteiger partial charge in [-0.05, 0) is 32.6 Å². The Kier molecular flexibility index (Phi) is 4.39. The van der Waals surface area contributed by atoms with Crippen LogP contribution < -0.4 is 10.2 Å². The first-order valence-corrected chi connectivity index (χ1v) is 7.07. The first kappa shape index (κ1) is 13.1. The van der Waals surface area contributed by atoms with Crippen molar-refractivity contribution in [1.82, 2.24) is 9.97 Å². The van der Waals surface area contributed by atoms with Crippen LogP contribution in [0.1, 0.15) is 38.9 Å². The van der Waals surface area contributed by atoms with E-state index in [1.54, 1.807) is 0 Å². The Morgan fingerprint density at radius 3 is 2.94 bits per heavy atom. The monoisotopic (exact) mass is 248 g/mol. The second kappa shape index (κ2) is 6.03. The summed E-state index contributed by atoms with van der Waals surface area (Å²) in [6, 6.07) is 2.08. The van der Waals surface area contributed by atoms with Gasteiger partial charge in [0.15, 0.2) is 0 Å². The Bertz CT molecular complexity index is 391. The molecule has 1 aliphatic heterocycles. The molecule has 0 amide bonds. The molecule has 0 bridgehead atoms. The standard InChI is InChI=1S/C14H24N4/c1-4-12-7-6-8-18(10-12)14-9-13(15-5-2)16-11(3)17-14/h9,12H,4-8,10H2,1-3H3,(H,15,16,17). The Hall–Kier alpha value is -1.32. The van der Waals surface area contributed by atoms with E-state index in [9.17, 15) is 0 Å². The fourth-order valence-electron chi connectivity index (χ4n) is 2.59. The van der Waals surface area contributed by atoms with E-state index in [0.29, 0.717) is 0 Å². The minimum Gasteiger partial charge on any atom is -0.370 e. The van der Waals surface area contributed by atoms with Gasteiger partial charge in [0, 0.05) is 25.7 Å². The van der Waals surface area contributed by atoms with Crippen LogP contribution in [0, 0.1) is 12.8 Å². The summed E-state index contributed by atoms with van der Waals surface area (Å²) in [5, 5.41) is 3.28. The van der Waals surface area contributed by atoms with Crippen LogP contribution in [0.4, 0.5) is 11.6 Å². The summed E-state index contributed by atoms with van der Waals surface area (Å²) in [6.45, 7) is 9.49. The molecule has 2 heterocycles. The van der Waals surface area contributed by atoms with E-state index < -0.39 is 0 Å². The lowest BCUT2D eigenvalue weighted by molar-refractivity contribution is 0.403. The van der Waals surface area contributed by atoms with Crippen molar-refractivity contribution in [3.63, 3.8) is 0 Å². The van der Waals surface area contributed by atoms with E-state index in [2.05, 4.69) is 40.1 Å². The zero-order valence-electron chi connectivity index (χ0n) is 11.7. The van der Waals surface area contributed by atoms with Gasteiger partial charge in [0.05, 0.1) is 0 Å². The molecule has 0 aromatic carbocycles. The van der Waals surface area contributed by atoms with Crippen molar-refractivity contribution in [1.29, 1.82) is 0 Å². The van der Waals surface area contributed by atoms with Crippen LogP contribution in [0.2, 0.25) is 0 Å². The molecule has 0 aliphatic carbocycles. The predicted molar refractivity (Wildman–Crippen MR) is 76.2 cm³/mol. The number of aromatic nitrogens is 2. The van der Waals surface area contributed by atoms with Crippen LogP contribution in [0.25, 0.3) is 0 Å². The average molecular weight is 248 g/mol. The largest absolute Gasteiger partial charge is 0.370 e. The summed E-state index contributed by atoms with van der Waals surface area (Å²) in [4.78, 5) is 11.4. The predicted octanol–water partition coefficient (Wildman–Crippen LogP) is 2.84. The molecular weight excluding hydrogens is 224 g/mol. The summed E-state index contributed by atoms with van der Waals surface area (Å²) >= 11 is 0. The maximum atomic E-state index is 4.58. The highest BCUT2D eigenvalue weighted by Crippen LogP contribution is 2.24. The van der Waals surface area contributed by atoms with Crippen molar-refractivity contribution in [2.45, 2.75) is 40.0 Å². The Morgan fingerprint density at radius 2 is 2.22 bits per heavy atom. The fraction of sp³-hybridized carbons (Fsp3) is 0.714. The number of nitrogens with one attached hydrogen (secondary N) is 1. The third kappa shape index (κ3) is 3.12. The molecule has 0 spiro atoms. The van der Waals surface area contributed by atoms with Crippen molar-refractivity contribution >= 4 is 11.6 Å². The summed E-state index contributed by atoms with van der Waals surface area (Å²) in [6.07, 6.45) is 3.90. The minimum atomic E-state index is 0.816. The molecule has 0 radical (unpaired) electrons. The highest BCUT2D eigenvalue weighted by molar-refractivity contribution is 5.49. The van der Waals surface area contributed by atoms with Crippen molar-refractivity contribution in [3.8, 4) is 0 Å². The number of hydrogen-bond acceptors (Lipinski definition) is 4. The van der Waals surface area contributed by atoms with E-state index in [1.807, 2.05) is 6.92 Å². The van der Waals surface area contributed by atoms with E-state index in [0.717, 1.165) is 43.0 Å². The normalized spacial score (nSPS) is 19.9. The molecule has 1 fully saturated rings. The van der Waals surface area contributed by atoms with Gasteiger partial charge < -0.3 is 10.2 Å². The van der Waals surface area contributed by atoms with Gasteiger partial charge in [-0.1, -0.05) is 13.3 Å². The van der Waals surface area contributed by atoms with Gasteiger partial charge in [-0.3, -0.25) is 0 Å². The highest BCUT2D eigenvalue weighted by atomic mass is 15.2. The molecule has 18 heavy (non-hydrogen) atoms. The van der Waals surface area contributed by atoms with Crippen molar-refractivity contribution in [2.24, 2.45) is 5.92 Å². The number of piperidine rings is 1. The maximum Gasteiger partial charge on any atom is 0.134 e. The SMILES string of the molecule is CCNc1cc(N2CCCC(CC)C2)nc(C)n1. The number of nitrogens with zero attached hydrogens (tertiary/aromatic N) is 3. The van der Waals surface area contributed by atoms with Crippen LogP contribution in [0.5, 0.6) is 0 Å². The van der Waals surface area contributed by atoms with Gasteiger partial charge in [0.25, 0.3) is 0 Å². The molecule has 0 saturated carbocycles. The molecule has 1 N–H and O–H groups in total. The third-order valence-corrected chi connectivity index (χ3v) is 3.60. The molecule has 2 rings (SSSR count). The number of anilines is 2. The number of hydrogen-bond donors (Lipinski definition) is 1. The maximum absolute atomic E-state index is 4.58. The molecule has 1 atom stereocenters. The molecule has 1 aromatic rings. The lowest BCUT2D eigenvalue weighted by Gasteiger charge is -2.33. The number of aryl methyl sites for hydroxylation is 1. The van der Waals surface area contributed by atoms with Crippen molar-refractivity contribution in [2.75, 3.05) is 29.9 Å². The van der Waals surface area contributed by atoms with Gasteiger partial charge in [-0.15, -0.1) is 0 Å². The van der Waals surface area contributed by atoms with Gasteiger partial charge >= 0.3 is 0 Å². The van der Waals surface area contributed by atoms with Gasteiger partial charge in [0.1, 0.15) is 17.5 Å². The smallest absolute Gasteiger partial charge is 0.134 e. The molecular formula is C14H24N4. The second-order valence-corrected chi connectivity index (χ2v) is 5.05. The van der Waals surface area contributed by atoms with Crippen LogP contribution in [0.3, 0.4) is 0 Å². The Balaban J connectivity index is 2.16. The zero-order valence-corrected chi connectivity index (χ0v) is 11.7. The molecule has 4 heteroatoms. The van der Waals surface area contributed by atoms with Crippen LogP contribution in [-0.4, -0.2) is 29.6 Å². The van der Waals surface area contributed by atoms with E-state index >= 15 is 0 Å². The fourth-order valence-corrected chi connectivity index (χ4v) is 2.59. The third-order valence-electron chi connectivity index (χ3n) is 3.60.